The maximum Gasteiger partial charge on any atom is 0.253 e. The van der Waals surface area contributed by atoms with Crippen LogP contribution in [0.25, 0.3) is 10.9 Å². The van der Waals surface area contributed by atoms with Crippen molar-refractivity contribution >= 4 is 28.8 Å². The quantitative estimate of drug-likeness (QED) is 0.656. The van der Waals surface area contributed by atoms with Crippen molar-refractivity contribution < 1.29 is 14.7 Å². The summed E-state index contributed by atoms with van der Waals surface area (Å²) in [5.74, 6) is -0.216. The van der Waals surface area contributed by atoms with Crippen LogP contribution in [0.3, 0.4) is 0 Å². The number of aromatic nitrogens is 1. The molecule has 1 aliphatic carbocycles. The number of rotatable bonds is 4. The van der Waals surface area contributed by atoms with E-state index in [2.05, 4.69) is 23.8 Å². The van der Waals surface area contributed by atoms with Crippen LogP contribution in [-0.4, -0.2) is 60.1 Å². The molecule has 1 amide bonds. The SMILES string of the molecule is CN=Cc1ccc2c3c([nH]c2c1)C(C)(C)c1cc(C(=O)N(C)CCO)ccc1C3=O. The first-order chi connectivity index (χ1) is 14.3. The number of carbonyl (C=O) groups is 2. The van der Waals surface area contributed by atoms with Gasteiger partial charge in [-0.3, -0.25) is 14.6 Å². The van der Waals surface area contributed by atoms with E-state index < -0.39 is 5.41 Å². The maximum atomic E-state index is 13.4. The second kappa shape index (κ2) is 7.22. The van der Waals surface area contributed by atoms with Gasteiger partial charge in [0.25, 0.3) is 5.91 Å². The molecule has 30 heavy (non-hydrogen) atoms. The molecule has 2 aromatic carbocycles. The summed E-state index contributed by atoms with van der Waals surface area (Å²) in [6.45, 7) is 4.29. The molecular weight excluding hydrogens is 378 g/mol. The third-order valence-electron chi connectivity index (χ3n) is 5.92. The van der Waals surface area contributed by atoms with Crippen molar-refractivity contribution in [3.8, 4) is 0 Å². The van der Waals surface area contributed by atoms with Crippen LogP contribution >= 0.6 is 0 Å². The fourth-order valence-corrected chi connectivity index (χ4v) is 4.28. The van der Waals surface area contributed by atoms with E-state index >= 15 is 0 Å². The van der Waals surface area contributed by atoms with E-state index in [4.69, 9.17) is 5.11 Å². The molecular formula is C24H25N3O3. The normalized spacial score (nSPS) is 14.8. The van der Waals surface area contributed by atoms with Crippen LogP contribution in [0.5, 0.6) is 0 Å². The van der Waals surface area contributed by atoms with Crippen LogP contribution in [0.1, 0.15) is 56.9 Å². The molecule has 1 aliphatic rings. The number of carbonyl (C=O) groups excluding carboxylic acids is 2. The van der Waals surface area contributed by atoms with Crippen molar-refractivity contribution in [1.29, 1.82) is 0 Å². The number of hydrogen-bond donors (Lipinski definition) is 2. The lowest BCUT2D eigenvalue weighted by Gasteiger charge is -2.32. The number of benzene rings is 2. The van der Waals surface area contributed by atoms with E-state index in [1.807, 2.05) is 24.3 Å². The van der Waals surface area contributed by atoms with Crippen LogP contribution in [-0.2, 0) is 5.41 Å². The standard InChI is InChI=1S/C24H25N3O3/c1-24(2)18-12-15(23(30)27(4)9-10-28)6-8-16(18)21(29)20-17-7-5-14(13-25-3)11-19(17)26-22(20)24/h5-8,11-13,26,28H,9-10H2,1-4H3. The Kier molecular flexibility index (Phi) is 4.82. The van der Waals surface area contributed by atoms with Gasteiger partial charge >= 0.3 is 0 Å². The Balaban J connectivity index is 1.87. The Bertz CT molecular complexity index is 1200. The number of H-pyrrole nitrogens is 1. The lowest BCUT2D eigenvalue weighted by atomic mass is 9.71. The molecule has 0 saturated heterocycles. The first kappa shape index (κ1) is 20.0. The molecule has 1 heterocycles. The maximum absolute atomic E-state index is 13.4. The zero-order valence-corrected chi connectivity index (χ0v) is 17.6. The van der Waals surface area contributed by atoms with Crippen molar-refractivity contribution in [2.75, 3.05) is 27.2 Å². The van der Waals surface area contributed by atoms with Gasteiger partial charge in [-0.15, -0.1) is 0 Å². The van der Waals surface area contributed by atoms with Gasteiger partial charge in [0.1, 0.15) is 0 Å². The largest absolute Gasteiger partial charge is 0.395 e. The van der Waals surface area contributed by atoms with Gasteiger partial charge in [-0.2, -0.15) is 0 Å². The molecule has 0 aliphatic heterocycles. The number of aliphatic hydroxyl groups excluding tert-OH is 1. The minimum atomic E-state index is -0.484. The molecule has 0 spiro atoms. The lowest BCUT2D eigenvalue weighted by molar-refractivity contribution is 0.0766. The summed E-state index contributed by atoms with van der Waals surface area (Å²) in [5, 5.41) is 10.0. The Morgan fingerprint density at radius 2 is 2.00 bits per heavy atom. The summed E-state index contributed by atoms with van der Waals surface area (Å²) >= 11 is 0. The summed E-state index contributed by atoms with van der Waals surface area (Å²) in [6.07, 6.45) is 1.78. The highest BCUT2D eigenvalue weighted by atomic mass is 16.3. The van der Waals surface area contributed by atoms with E-state index in [0.29, 0.717) is 16.7 Å². The fraction of sp³-hybridized carbons (Fsp3) is 0.292. The molecule has 1 aromatic heterocycles. The van der Waals surface area contributed by atoms with Gasteiger partial charge in [-0.25, -0.2) is 0 Å². The van der Waals surface area contributed by atoms with E-state index in [1.165, 1.54) is 4.90 Å². The van der Waals surface area contributed by atoms with Gasteiger partial charge in [0, 0.05) is 60.0 Å². The summed E-state index contributed by atoms with van der Waals surface area (Å²) in [6, 6.07) is 11.2. The van der Waals surface area contributed by atoms with Gasteiger partial charge in [-0.05, 0) is 35.4 Å². The van der Waals surface area contributed by atoms with Crippen LogP contribution in [0.2, 0.25) is 0 Å². The van der Waals surface area contributed by atoms with E-state index in [9.17, 15) is 9.59 Å². The van der Waals surface area contributed by atoms with Gasteiger partial charge in [-0.1, -0.05) is 26.0 Å². The number of ketones is 1. The van der Waals surface area contributed by atoms with E-state index in [0.717, 1.165) is 27.7 Å². The van der Waals surface area contributed by atoms with Crippen molar-refractivity contribution in [2.45, 2.75) is 19.3 Å². The average molecular weight is 403 g/mol. The summed E-state index contributed by atoms with van der Waals surface area (Å²) in [7, 11) is 3.38. The third kappa shape index (κ3) is 2.95. The molecule has 0 saturated carbocycles. The Morgan fingerprint density at radius 1 is 1.23 bits per heavy atom. The minimum absolute atomic E-state index is 0.0369. The van der Waals surface area contributed by atoms with Crippen LogP contribution in [0.4, 0.5) is 0 Å². The van der Waals surface area contributed by atoms with Crippen molar-refractivity contribution in [1.82, 2.24) is 9.88 Å². The minimum Gasteiger partial charge on any atom is -0.395 e. The summed E-state index contributed by atoms with van der Waals surface area (Å²) < 4.78 is 0. The highest BCUT2D eigenvalue weighted by Gasteiger charge is 2.40. The number of hydrogen-bond acceptors (Lipinski definition) is 4. The predicted molar refractivity (Wildman–Crippen MR) is 118 cm³/mol. The number of amides is 1. The molecule has 0 radical (unpaired) electrons. The van der Waals surface area contributed by atoms with Crippen LogP contribution in [0, 0.1) is 0 Å². The van der Waals surface area contributed by atoms with Crippen molar-refractivity contribution in [3.63, 3.8) is 0 Å². The summed E-state index contributed by atoms with van der Waals surface area (Å²) in [4.78, 5) is 35.1. The predicted octanol–water partition coefficient (Wildman–Crippen LogP) is 3.15. The molecule has 6 nitrogen and oxygen atoms in total. The number of fused-ring (bicyclic) bond motifs is 4. The smallest absolute Gasteiger partial charge is 0.253 e. The molecule has 3 aromatic rings. The molecule has 6 heteroatoms. The van der Waals surface area contributed by atoms with E-state index in [-0.39, 0.29) is 24.8 Å². The fourth-order valence-electron chi connectivity index (χ4n) is 4.28. The van der Waals surface area contributed by atoms with Crippen molar-refractivity contribution in [2.24, 2.45) is 4.99 Å². The molecule has 2 N–H and O–H groups in total. The number of aliphatic hydroxyl groups is 1. The first-order valence-corrected chi connectivity index (χ1v) is 9.93. The Morgan fingerprint density at radius 3 is 2.70 bits per heavy atom. The second-order valence-electron chi connectivity index (χ2n) is 8.23. The molecule has 154 valence electrons. The lowest BCUT2D eigenvalue weighted by Crippen LogP contribution is -2.32. The molecule has 4 rings (SSSR count). The van der Waals surface area contributed by atoms with Crippen LogP contribution in [0.15, 0.2) is 41.4 Å². The number of aromatic amines is 1. The Labute approximate surface area is 175 Å². The Hall–Kier alpha value is -3.25. The molecule has 0 bridgehead atoms. The van der Waals surface area contributed by atoms with Crippen molar-refractivity contribution in [3.05, 3.63) is 69.9 Å². The number of nitrogens with zero attached hydrogens (tertiary/aromatic N) is 2. The van der Waals surface area contributed by atoms with Crippen LogP contribution < -0.4 is 0 Å². The first-order valence-electron chi connectivity index (χ1n) is 9.93. The molecule has 0 fully saturated rings. The molecule has 0 unspecified atom stereocenters. The number of aliphatic imine (C=N–C) groups is 1. The monoisotopic (exact) mass is 403 g/mol. The number of likely N-dealkylation sites (N-methyl/N-ethyl adjacent to an activating group) is 1. The van der Waals surface area contributed by atoms with Gasteiger partial charge in [0.2, 0.25) is 0 Å². The van der Waals surface area contributed by atoms with E-state index in [1.54, 1.807) is 32.4 Å². The van der Waals surface area contributed by atoms with Gasteiger partial charge in [0.15, 0.2) is 5.78 Å². The number of nitrogens with one attached hydrogen (secondary N) is 1. The zero-order chi connectivity index (χ0) is 21.6. The van der Waals surface area contributed by atoms with Gasteiger partial charge in [0.05, 0.1) is 12.2 Å². The summed E-state index contributed by atoms with van der Waals surface area (Å²) in [5.41, 5.74) is 4.87. The highest BCUT2D eigenvalue weighted by Crippen LogP contribution is 2.44. The average Bonchev–Trinajstić information content (AvgIpc) is 3.12. The topological polar surface area (TPSA) is 85.8 Å². The molecule has 0 atom stereocenters. The third-order valence-corrected chi connectivity index (χ3v) is 5.92. The zero-order valence-electron chi connectivity index (χ0n) is 17.6. The second-order valence-corrected chi connectivity index (χ2v) is 8.23. The van der Waals surface area contributed by atoms with Gasteiger partial charge < -0.3 is 15.0 Å². The highest BCUT2D eigenvalue weighted by molar-refractivity contribution is 6.20.